The number of rotatable bonds is 60. The van der Waals surface area contributed by atoms with E-state index in [1.165, 1.54) is 148 Å². The van der Waals surface area contributed by atoms with Crippen LogP contribution < -0.4 is 0 Å². The van der Waals surface area contributed by atoms with Gasteiger partial charge in [-0.25, -0.2) is 0 Å². The number of ether oxygens (including phenoxy) is 3. The maximum absolute atomic E-state index is 12.9. The molecule has 79 heavy (non-hydrogen) atoms. The maximum Gasteiger partial charge on any atom is 0.306 e. The first kappa shape index (κ1) is 75.1. The summed E-state index contributed by atoms with van der Waals surface area (Å²) in [5.74, 6) is -0.899. The molecular formula is C73H124O6. The molecule has 6 heteroatoms. The minimum Gasteiger partial charge on any atom is -0.462 e. The SMILES string of the molecule is CC/C=C\C/C=C\C/C=C\C/C=C\CCCCCCCCCCCCCCCCC(=O)OCC(COC(=O)CCCCCCC/C=C\CCCCCCCC)OC(=O)CCCCCCCC/C=C\C/C=C\C/C=C\C/C=C\CC. The van der Waals surface area contributed by atoms with Gasteiger partial charge < -0.3 is 14.2 Å². The van der Waals surface area contributed by atoms with Crippen LogP contribution >= 0.6 is 0 Å². The van der Waals surface area contributed by atoms with E-state index in [1.54, 1.807) is 0 Å². The number of esters is 3. The Kier molecular flexibility index (Phi) is 63.3. The number of hydrogen-bond donors (Lipinski definition) is 0. The average molecular weight is 1100 g/mol. The molecule has 0 aromatic carbocycles. The first-order valence-corrected chi connectivity index (χ1v) is 33.4. The highest BCUT2D eigenvalue weighted by atomic mass is 16.6. The third kappa shape index (κ3) is 64.8. The van der Waals surface area contributed by atoms with Crippen molar-refractivity contribution in [1.29, 1.82) is 0 Å². The molecule has 0 rings (SSSR count). The van der Waals surface area contributed by atoms with Gasteiger partial charge in [0.05, 0.1) is 0 Å². The van der Waals surface area contributed by atoms with E-state index in [4.69, 9.17) is 14.2 Å². The second-order valence-corrected chi connectivity index (χ2v) is 22.0. The zero-order valence-electron chi connectivity index (χ0n) is 51.9. The third-order valence-corrected chi connectivity index (χ3v) is 14.2. The van der Waals surface area contributed by atoms with E-state index in [1.807, 2.05) is 0 Å². The third-order valence-electron chi connectivity index (χ3n) is 14.2. The molecule has 0 heterocycles. The summed E-state index contributed by atoms with van der Waals surface area (Å²) >= 11 is 0. The van der Waals surface area contributed by atoms with Crippen LogP contribution in [0.25, 0.3) is 0 Å². The lowest BCUT2D eigenvalue weighted by Crippen LogP contribution is -2.30. The Morgan fingerprint density at radius 1 is 0.266 bits per heavy atom. The fourth-order valence-corrected chi connectivity index (χ4v) is 9.30. The summed E-state index contributed by atoms with van der Waals surface area (Å²) in [6.07, 6.45) is 91.0. The van der Waals surface area contributed by atoms with Gasteiger partial charge in [0, 0.05) is 19.3 Å². The molecule has 0 fully saturated rings. The second-order valence-electron chi connectivity index (χ2n) is 22.0. The summed E-state index contributed by atoms with van der Waals surface area (Å²) in [5.41, 5.74) is 0. The Morgan fingerprint density at radius 2 is 0.494 bits per heavy atom. The van der Waals surface area contributed by atoms with Gasteiger partial charge in [-0.15, -0.1) is 0 Å². The fraction of sp³-hybridized carbons (Fsp3) is 0.712. The molecule has 0 amide bonds. The summed E-state index contributed by atoms with van der Waals surface area (Å²) < 4.78 is 16.9. The van der Waals surface area contributed by atoms with Crippen molar-refractivity contribution in [1.82, 2.24) is 0 Å². The van der Waals surface area contributed by atoms with Crippen molar-refractivity contribution in [3.05, 3.63) is 109 Å². The van der Waals surface area contributed by atoms with Crippen LogP contribution in [-0.2, 0) is 28.6 Å². The van der Waals surface area contributed by atoms with Crippen LogP contribution in [-0.4, -0.2) is 37.2 Å². The van der Waals surface area contributed by atoms with Crippen LogP contribution in [0, 0.1) is 0 Å². The van der Waals surface area contributed by atoms with E-state index in [2.05, 4.69) is 130 Å². The van der Waals surface area contributed by atoms with Gasteiger partial charge in [-0.2, -0.15) is 0 Å². The highest BCUT2D eigenvalue weighted by Gasteiger charge is 2.19. The first-order chi connectivity index (χ1) is 39.0. The molecular weight excluding hydrogens is 973 g/mol. The van der Waals surface area contributed by atoms with Crippen LogP contribution in [0.3, 0.4) is 0 Å². The molecule has 0 N–H and O–H groups in total. The number of allylic oxidation sites excluding steroid dienone is 18. The van der Waals surface area contributed by atoms with Crippen molar-refractivity contribution in [2.24, 2.45) is 0 Å². The number of carbonyl (C=O) groups excluding carboxylic acids is 3. The maximum atomic E-state index is 12.9. The molecule has 452 valence electrons. The normalized spacial score (nSPS) is 12.8. The lowest BCUT2D eigenvalue weighted by molar-refractivity contribution is -0.167. The van der Waals surface area contributed by atoms with E-state index in [0.29, 0.717) is 19.3 Å². The summed E-state index contributed by atoms with van der Waals surface area (Å²) in [5, 5.41) is 0. The highest BCUT2D eigenvalue weighted by molar-refractivity contribution is 5.71. The Bertz CT molecular complexity index is 1590. The van der Waals surface area contributed by atoms with Gasteiger partial charge in [0.1, 0.15) is 13.2 Å². The number of unbranched alkanes of at least 4 members (excludes halogenated alkanes) is 31. The first-order valence-electron chi connectivity index (χ1n) is 33.4. The molecule has 1 unspecified atom stereocenters. The predicted octanol–water partition coefficient (Wildman–Crippen LogP) is 23.0. The fourth-order valence-electron chi connectivity index (χ4n) is 9.30. The molecule has 0 aliphatic heterocycles. The van der Waals surface area contributed by atoms with Crippen molar-refractivity contribution >= 4 is 17.9 Å². The molecule has 0 radical (unpaired) electrons. The molecule has 0 aliphatic carbocycles. The van der Waals surface area contributed by atoms with E-state index in [0.717, 1.165) is 128 Å². The van der Waals surface area contributed by atoms with Gasteiger partial charge in [-0.1, -0.05) is 284 Å². The molecule has 0 aliphatic rings. The molecule has 0 spiro atoms. The van der Waals surface area contributed by atoms with Crippen molar-refractivity contribution in [3.8, 4) is 0 Å². The van der Waals surface area contributed by atoms with Crippen LogP contribution in [0.2, 0.25) is 0 Å². The molecule has 6 nitrogen and oxygen atoms in total. The molecule has 0 aromatic heterocycles. The minimum absolute atomic E-state index is 0.0861. The van der Waals surface area contributed by atoms with Crippen LogP contribution in [0.5, 0.6) is 0 Å². The lowest BCUT2D eigenvalue weighted by atomic mass is 10.0. The molecule has 1 atom stereocenters. The summed E-state index contributed by atoms with van der Waals surface area (Å²) in [4.78, 5) is 38.4. The Labute approximate surface area is 489 Å². The highest BCUT2D eigenvalue weighted by Crippen LogP contribution is 2.16. The van der Waals surface area contributed by atoms with Crippen molar-refractivity contribution in [2.75, 3.05) is 13.2 Å². The largest absolute Gasteiger partial charge is 0.462 e. The second kappa shape index (κ2) is 66.6. The van der Waals surface area contributed by atoms with Gasteiger partial charge >= 0.3 is 17.9 Å². The van der Waals surface area contributed by atoms with E-state index < -0.39 is 6.10 Å². The van der Waals surface area contributed by atoms with Crippen molar-refractivity contribution in [2.45, 2.75) is 322 Å². The van der Waals surface area contributed by atoms with E-state index in [-0.39, 0.29) is 31.1 Å². The molecule has 0 aromatic rings. The zero-order valence-corrected chi connectivity index (χ0v) is 51.9. The van der Waals surface area contributed by atoms with Gasteiger partial charge in [-0.05, 0) is 122 Å². The van der Waals surface area contributed by atoms with Gasteiger partial charge in [-0.3, -0.25) is 14.4 Å². The Balaban J connectivity index is 4.33. The van der Waals surface area contributed by atoms with Gasteiger partial charge in [0.2, 0.25) is 0 Å². The quantitative estimate of drug-likeness (QED) is 0.0261. The summed E-state index contributed by atoms with van der Waals surface area (Å²) in [7, 11) is 0. The van der Waals surface area contributed by atoms with Crippen molar-refractivity contribution in [3.63, 3.8) is 0 Å². The Hall–Kier alpha value is -3.93. The minimum atomic E-state index is -0.792. The predicted molar refractivity (Wildman–Crippen MR) is 343 cm³/mol. The number of hydrogen-bond acceptors (Lipinski definition) is 6. The lowest BCUT2D eigenvalue weighted by Gasteiger charge is -2.18. The van der Waals surface area contributed by atoms with Gasteiger partial charge in [0.25, 0.3) is 0 Å². The molecule has 0 saturated heterocycles. The zero-order chi connectivity index (χ0) is 57.1. The van der Waals surface area contributed by atoms with E-state index in [9.17, 15) is 14.4 Å². The van der Waals surface area contributed by atoms with Crippen LogP contribution in [0.4, 0.5) is 0 Å². The number of carbonyl (C=O) groups is 3. The monoisotopic (exact) mass is 1100 g/mol. The van der Waals surface area contributed by atoms with Crippen molar-refractivity contribution < 1.29 is 28.6 Å². The van der Waals surface area contributed by atoms with Crippen LogP contribution in [0.1, 0.15) is 316 Å². The van der Waals surface area contributed by atoms with E-state index >= 15 is 0 Å². The smallest absolute Gasteiger partial charge is 0.306 e. The average Bonchev–Trinajstić information content (AvgIpc) is 3.45. The molecule has 0 bridgehead atoms. The van der Waals surface area contributed by atoms with Gasteiger partial charge in [0.15, 0.2) is 6.10 Å². The summed E-state index contributed by atoms with van der Waals surface area (Å²) in [6.45, 7) is 6.42. The standard InChI is InChI=1S/C73H124O6/c1-4-7-10-13-16-19-22-25-28-30-32-33-34-35-36-37-38-39-41-42-45-48-51-54-57-60-63-66-72(75)78-69-70(68-77-71(74)65-62-59-56-53-50-47-44-27-24-21-18-15-12-9-6-3)79-73(76)67-64-61-58-55-52-49-46-43-40-31-29-26-23-20-17-14-11-8-5-2/h7-8,10-11,16-17,19-20,25-29,32-33,40,43-44,70H,4-6,9,12-15,18,21-24,30-31,34-39,41-42,45-69H2,1-3H3/b10-7-,11-8-,19-16-,20-17-,28-25-,29-26-,33-32-,43-40-,44-27-. The topological polar surface area (TPSA) is 78.9 Å². The van der Waals surface area contributed by atoms with Crippen LogP contribution in [0.15, 0.2) is 109 Å². The Morgan fingerprint density at radius 3 is 0.785 bits per heavy atom. The molecule has 0 saturated carbocycles. The summed E-state index contributed by atoms with van der Waals surface area (Å²) in [6, 6.07) is 0.